The van der Waals surface area contributed by atoms with Crippen LogP contribution in [0.5, 0.6) is 0 Å². The van der Waals surface area contributed by atoms with Crippen LogP contribution >= 0.6 is 0 Å². The summed E-state index contributed by atoms with van der Waals surface area (Å²) < 4.78 is 54.5. The average molecular weight is 679 g/mol. The normalized spacial score (nSPS) is 13.8. The molecular weight excluding hydrogens is 608 g/mol. The van der Waals surface area contributed by atoms with Crippen LogP contribution in [0.1, 0.15) is 188 Å². The molecular formula is C36H70O9S. The van der Waals surface area contributed by atoms with Gasteiger partial charge in [0.15, 0.2) is 17.8 Å². The van der Waals surface area contributed by atoms with Gasteiger partial charge in [0.2, 0.25) is 0 Å². The molecule has 0 radical (unpaired) electrons. The van der Waals surface area contributed by atoms with Gasteiger partial charge in [-0.2, -0.15) is 8.42 Å². The first-order chi connectivity index (χ1) is 22.1. The summed E-state index contributed by atoms with van der Waals surface area (Å²) in [7, 11) is -4.90. The molecule has 1 N–H and O–H groups in total. The van der Waals surface area contributed by atoms with Gasteiger partial charge in [0, 0.05) is 0 Å². The molecule has 0 heterocycles. The van der Waals surface area contributed by atoms with Gasteiger partial charge >= 0.3 is 11.9 Å². The maximum absolute atomic E-state index is 12.5. The summed E-state index contributed by atoms with van der Waals surface area (Å²) in [6.07, 6.45) is 26.5. The molecule has 0 amide bonds. The third kappa shape index (κ3) is 29.0. The topological polar surface area (TPSA) is 125 Å². The lowest BCUT2D eigenvalue weighted by molar-refractivity contribution is -0.181. The van der Waals surface area contributed by atoms with Crippen LogP contribution in [0.25, 0.3) is 0 Å². The molecule has 9 nitrogen and oxygen atoms in total. The van der Waals surface area contributed by atoms with E-state index in [1.807, 2.05) is 0 Å². The predicted molar refractivity (Wildman–Crippen MR) is 185 cm³/mol. The van der Waals surface area contributed by atoms with Gasteiger partial charge in [0.1, 0.15) is 0 Å². The Morgan fingerprint density at radius 2 is 0.826 bits per heavy atom. The van der Waals surface area contributed by atoms with Gasteiger partial charge in [-0.05, 0) is 26.7 Å². The fraction of sp³-hybridized carbons (Fsp3) is 0.944. The molecule has 10 heteroatoms. The Balaban J connectivity index is 4.03. The van der Waals surface area contributed by atoms with Crippen molar-refractivity contribution in [3.63, 3.8) is 0 Å². The van der Waals surface area contributed by atoms with E-state index < -0.39 is 46.3 Å². The zero-order valence-corrected chi connectivity index (χ0v) is 30.8. The Morgan fingerprint density at radius 3 is 1.15 bits per heavy atom. The lowest BCUT2D eigenvalue weighted by atomic mass is 10.1. The smallest absolute Gasteiger partial charge is 0.329 e. The van der Waals surface area contributed by atoms with Gasteiger partial charge in [0.05, 0.1) is 19.6 Å². The number of unbranched alkanes of at least 4 members (excludes halogenated alkanes) is 22. The van der Waals surface area contributed by atoms with Crippen molar-refractivity contribution in [3.8, 4) is 0 Å². The number of carbonyl (C=O) groups excluding carboxylic acids is 2. The molecule has 0 rings (SSSR count). The third-order valence-electron chi connectivity index (χ3n) is 8.25. The molecule has 0 bridgehead atoms. The summed E-state index contributed by atoms with van der Waals surface area (Å²) in [5.74, 6) is -2.24. The van der Waals surface area contributed by atoms with Gasteiger partial charge < -0.3 is 18.9 Å². The lowest BCUT2D eigenvalue weighted by Gasteiger charge is -2.19. The Morgan fingerprint density at radius 1 is 0.522 bits per heavy atom. The van der Waals surface area contributed by atoms with E-state index in [9.17, 15) is 22.6 Å². The highest BCUT2D eigenvalue weighted by molar-refractivity contribution is 7.87. The first kappa shape index (κ1) is 44.8. The molecule has 46 heavy (non-hydrogen) atoms. The summed E-state index contributed by atoms with van der Waals surface area (Å²) in [5.41, 5.74) is 0. The molecule has 0 aromatic rings. The van der Waals surface area contributed by atoms with Crippen LogP contribution in [0.3, 0.4) is 0 Å². The molecule has 0 saturated carbocycles. The summed E-state index contributed by atoms with van der Waals surface area (Å²) in [6.45, 7) is 8.24. The van der Waals surface area contributed by atoms with Crippen molar-refractivity contribution in [2.45, 2.75) is 206 Å². The van der Waals surface area contributed by atoms with Crippen LogP contribution in [0.15, 0.2) is 0 Å². The quantitative estimate of drug-likeness (QED) is 0.0306. The molecule has 0 aliphatic rings. The number of ether oxygens (including phenoxy) is 4. The van der Waals surface area contributed by atoms with Crippen molar-refractivity contribution in [1.82, 2.24) is 0 Å². The molecule has 3 atom stereocenters. The molecule has 0 saturated heterocycles. The molecule has 0 aromatic carbocycles. The largest absolute Gasteiger partial charge is 0.436 e. The fourth-order valence-corrected chi connectivity index (χ4v) is 6.03. The highest BCUT2D eigenvalue weighted by atomic mass is 32.2. The summed E-state index contributed by atoms with van der Waals surface area (Å²) >= 11 is 0. The predicted octanol–water partition coefficient (Wildman–Crippen LogP) is 9.85. The second-order valence-corrected chi connectivity index (χ2v) is 14.4. The maximum atomic E-state index is 12.5. The fourth-order valence-electron chi connectivity index (χ4n) is 5.39. The lowest BCUT2D eigenvalue weighted by Crippen LogP contribution is -2.37. The number of esters is 2. The van der Waals surface area contributed by atoms with Crippen LogP contribution < -0.4 is 0 Å². The Kier molecular flexibility index (Phi) is 30.2. The van der Waals surface area contributed by atoms with E-state index in [1.165, 1.54) is 129 Å². The molecule has 274 valence electrons. The first-order valence-corrected chi connectivity index (χ1v) is 20.2. The van der Waals surface area contributed by atoms with Crippen LogP contribution in [-0.4, -0.2) is 56.0 Å². The van der Waals surface area contributed by atoms with Crippen molar-refractivity contribution in [3.05, 3.63) is 0 Å². The average Bonchev–Trinajstić information content (AvgIpc) is 3.00. The van der Waals surface area contributed by atoms with Crippen molar-refractivity contribution in [1.29, 1.82) is 0 Å². The number of hydrogen-bond acceptors (Lipinski definition) is 8. The SMILES string of the molecule is CCCCCCCCCCCCCCOC(C)OC(=O)CC(C(=O)OC(C)OCCCCCCCCCCCCCC)S(=O)(=O)O. The number of hydrogen-bond donors (Lipinski definition) is 1. The van der Waals surface area contributed by atoms with E-state index in [-0.39, 0.29) is 0 Å². The van der Waals surface area contributed by atoms with E-state index in [1.54, 1.807) is 0 Å². The van der Waals surface area contributed by atoms with E-state index in [4.69, 9.17) is 18.9 Å². The highest BCUT2D eigenvalue weighted by Crippen LogP contribution is 2.15. The van der Waals surface area contributed by atoms with Gasteiger partial charge in [0.25, 0.3) is 10.1 Å². The minimum atomic E-state index is -4.90. The molecule has 0 aromatic heterocycles. The van der Waals surface area contributed by atoms with Gasteiger partial charge in [-0.1, -0.05) is 155 Å². The molecule has 0 fully saturated rings. The summed E-state index contributed by atoms with van der Waals surface area (Å²) in [6, 6.07) is 0. The van der Waals surface area contributed by atoms with Gasteiger partial charge in [-0.3, -0.25) is 14.1 Å². The number of carbonyl (C=O) groups is 2. The molecule has 0 spiro atoms. The maximum Gasteiger partial charge on any atom is 0.329 e. The molecule has 3 unspecified atom stereocenters. The summed E-state index contributed by atoms with van der Waals surface area (Å²) in [5, 5.41) is -2.10. The van der Waals surface area contributed by atoms with Crippen molar-refractivity contribution < 1.29 is 41.5 Å². The van der Waals surface area contributed by atoms with Crippen LogP contribution in [0, 0.1) is 0 Å². The van der Waals surface area contributed by atoms with Crippen LogP contribution in [-0.2, 0) is 38.7 Å². The van der Waals surface area contributed by atoms with E-state index in [2.05, 4.69) is 13.8 Å². The van der Waals surface area contributed by atoms with Gasteiger partial charge in [-0.25, -0.2) is 0 Å². The van der Waals surface area contributed by atoms with E-state index in [0.29, 0.717) is 13.2 Å². The van der Waals surface area contributed by atoms with Crippen LogP contribution in [0.2, 0.25) is 0 Å². The van der Waals surface area contributed by atoms with Crippen molar-refractivity contribution in [2.24, 2.45) is 0 Å². The Labute approximate surface area is 282 Å². The zero-order chi connectivity index (χ0) is 34.3. The monoisotopic (exact) mass is 678 g/mol. The number of rotatable bonds is 34. The Hall–Kier alpha value is -1.23. The minimum absolute atomic E-state index is 0.360. The zero-order valence-electron chi connectivity index (χ0n) is 29.9. The summed E-state index contributed by atoms with van der Waals surface area (Å²) in [4.78, 5) is 24.8. The second-order valence-electron chi connectivity index (χ2n) is 12.8. The molecule has 0 aliphatic carbocycles. The van der Waals surface area contributed by atoms with Crippen molar-refractivity contribution in [2.75, 3.05) is 13.2 Å². The van der Waals surface area contributed by atoms with E-state index in [0.717, 1.165) is 38.5 Å². The molecule has 0 aliphatic heterocycles. The third-order valence-corrected chi connectivity index (χ3v) is 9.33. The Bertz CT molecular complexity index is 818. The standard InChI is InChI=1S/C36H70O9S/c1-5-7-9-11-13-15-17-19-21-23-25-27-29-42-32(3)44-35(37)31-34(46(39,40)41)36(38)45-33(4)43-30-28-26-24-22-20-18-16-14-12-10-8-6-2/h32-34H,5-31H2,1-4H3,(H,39,40,41). The van der Waals surface area contributed by atoms with Gasteiger partial charge in [-0.15, -0.1) is 0 Å². The van der Waals surface area contributed by atoms with Crippen LogP contribution in [0.4, 0.5) is 0 Å². The minimum Gasteiger partial charge on any atom is -0.436 e. The second kappa shape index (κ2) is 31.1. The highest BCUT2D eigenvalue weighted by Gasteiger charge is 2.37. The van der Waals surface area contributed by atoms with E-state index >= 15 is 0 Å². The first-order valence-electron chi connectivity index (χ1n) is 18.7. The van der Waals surface area contributed by atoms with Crippen molar-refractivity contribution >= 4 is 22.1 Å².